The van der Waals surface area contributed by atoms with E-state index in [0.29, 0.717) is 27.1 Å². The van der Waals surface area contributed by atoms with Gasteiger partial charge in [0.25, 0.3) is 17.0 Å². The minimum absolute atomic E-state index is 0.158. The van der Waals surface area contributed by atoms with Gasteiger partial charge in [0, 0.05) is 28.4 Å². The number of anilines is 1. The van der Waals surface area contributed by atoms with Crippen LogP contribution in [0.25, 0.3) is 11.3 Å². The van der Waals surface area contributed by atoms with Crippen molar-refractivity contribution in [1.29, 1.82) is 0 Å². The van der Waals surface area contributed by atoms with Gasteiger partial charge in [-0.25, -0.2) is 9.88 Å². The van der Waals surface area contributed by atoms with Crippen molar-refractivity contribution >= 4 is 35.0 Å². The van der Waals surface area contributed by atoms with Gasteiger partial charge in [0.1, 0.15) is 0 Å². The lowest BCUT2D eigenvalue weighted by molar-refractivity contribution is -0.764. The summed E-state index contributed by atoms with van der Waals surface area (Å²) in [6.45, 7) is 3.56. The maximum absolute atomic E-state index is 13.0. The summed E-state index contributed by atoms with van der Waals surface area (Å²) >= 11 is 7.66. The summed E-state index contributed by atoms with van der Waals surface area (Å²) in [6, 6.07) is 14.6. The van der Waals surface area contributed by atoms with Crippen LogP contribution < -0.4 is 14.7 Å². The SMILES string of the molecule is CCCSc1nc([O-])c2[n+](n1)C(c1cccc(Cl)c1)N(C(C)=O)c1ccccc1-2. The largest absolute Gasteiger partial charge is 0.854 e. The van der Waals surface area contributed by atoms with Crippen LogP contribution in [0.3, 0.4) is 0 Å². The van der Waals surface area contributed by atoms with Crippen LogP contribution in [0, 0.1) is 0 Å². The molecule has 2 aromatic carbocycles. The minimum Gasteiger partial charge on any atom is -0.854 e. The van der Waals surface area contributed by atoms with Crippen molar-refractivity contribution < 1.29 is 14.6 Å². The molecular formula is C21H19ClN4O2S. The van der Waals surface area contributed by atoms with Crippen LogP contribution in [-0.4, -0.2) is 21.7 Å². The molecule has 4 rings (SSSR count). The first-order valence-electron chi connectivity index (χ1n) is 9.29. The van der Waals surface area contributed by atoms with Gasteiger partial charge in [-0.3, -0.25) is 4.79 Å². The van der Waals surface area contributed by atoms with Crippen LogP contribution in [0.2, 0.25) is 5.02 Å². The molecule has 0 radical (unpaired) electrons. The number of amides is 1. The normalized spacial score (nSPS) is 15.0. The molecular weight excluding hydrogens is 408 g/mol. The number of fused-ring (bicyclic) bond motifs is 3. The number of halogens is 1. The van der Waals surface area contributed by atoms with Crippen molar-refractivity contribution in [3.63, 3.8) is 0 Å². The average molecular weight is 427 g/mol. The lowest BCUT2D eigenvalue weighted by atomic mass is 10.0. The third-order valence-corrected chi connectivity index (χ3v) is 5.92. The zero-order valence-electron chi connectivity index (χ0n) is 16.0. The first kappa shape index (κ1) is 19.7. The van der Waals surface area contributed by atoms with Crippen molar-refractivity contribution in [2.45, 2.75) is 31.6 Å². The van der Waals surface area contributed by atoms with Gasteiger partial charge >= 0.3 is 0 Å². The molecule has 6 nitrogen and oxygen atoms in total. The Kier molecular flexibility index (Phi) is 5.43. The Labute approximate surface area is 178 Å². The molecule has 1 aliphatic heterocycles. The van der Waals surface area contributed by atoms with Crippen molar-refractivity contribution in [3.05, 3.63) is 59.1 Å². The number of aromatic nitrogens is 3. The van der Waals surface area contributed by atoms with Crippen molar-refractivity contribution in [2.24, 2.45) is 0 Å². The molecule has 29 heavy (non-hydrogen) atoms. The van der Waals surface area contributed by atoms with Crippen LogP contribution in [0.15, 0.2) is 53.7 Å². The molecule has 0 saturated carbocycles. The van der Waals surface area contributed by atoms with E-state index in [1.807, 2.05) is 36.4 Å². The molecule has 8 heteroatoms. The number of carbonyl (C=O) groups excluding carboxylic acids is 1. The zero-order chi connectivity index (χ0) is 20.5. The Hall–Kier alpha value is -2.64. The Morgan fingerprint density at radius 3 is 2.79 bits per heavy atom. The maximum atomic E-state index is 13.0. The van der Waals surface area contributed by atoms with E-state index in [9.17, 15) is 9.90 Å². The molecule has 0 aliphatic carbocycles. The van der Waals surface area contributed by atoms with E-state index in [2.05, 4.69) is 17.0 Å². The number of benzene rings is 2. The molecule has 1 amide bonds. The van der Waals surface area contributed by atoms with Crippen molar-refractivity contribution in [1.82, 2.24) is 10.1 Å². The molecule has 0 saturated heterocycles. The lowest BCUT2D eigenvalue weighted by Gasteiger charge is -2.32. The Morgan fingerprint density at radius 2 is 2.07 bits per heavy atom. The van der Waals surface area contributed by atoms with E-state index in [1.165, 1.54) is 18.7 Å². The van der Waals surface area contributed by atoms with Gasteiger partial charge in [0.2, 0.25) is 5.91 Å². The molecule has 0 bridgehead atoms. The number of thioether (sulfide) groups is 1. The maximum Gasteiger partial charge on any atom is 0.293 e. The molecule has 0 N–H and O–H groups in total. The Balaban J connectivity index is 2.02. The van der Waals surface area contributed by atoms with Gasteiger partial charge in [-0.2, -0.15) is 0 Å². The van der Waals surface area contributed by atoms with E-state index >= 15 is 0 Å². The fraction of sp³-hybridized carbons (Fsp3) is 0.238. The topological polar surface area (TPSA) is 73.0 Å². The molecule has 0 fully saturated rings. The minimum atomic E-state index is -0.632. The summed E-state index contributed by atoms with van der Waals surface area (Å²) in [7, 11) is 0. The van der Waals surface area contributed by atoms with Crippen LogP contribution in [0.4, 0.5) is 5.69 Å². The fourth-order valence-corrected chi connectivity index (χ4v) is 4.38. The highest BCUT2D eigenvalue weighted by atomic mass is 35.5. The molecule has 1 aliphatic rings. The molecule has 2 heterocycles. The third-order valence-electron chi connectivity index (χ3n) is 4.64. The predicted octanol–water partition coefficient (Wildman–Crippen LogP) is 3.57. The summed E-state index contributed by atoms with van der Waals surface area (Å²) in [5, 5.41) is 18.6. The highest BCUT2D eigenvalue weighted by molar-refractivity contribution is 7.99. The Bertz CT molecular complexity index is 1090. The number of hydrogen-bond acceptors (Lipinski definition) is 5. The number of hydrogen-bond donors (Lipinski definition) is 0. The summed E-state index contributed by atoms with van der Waals surface area (Å²) in [5.41, 5.74) is 2.42. The molecule has 3 aromatic rings. The highest BCUT2D eigenvalue weighted by Gasteiger charge is 2.43. The van der Waals surface area contributed by atoms with E-state index in [4.69, 9.17) is 11.6 Å². The monoisotopic (exact) mass is 426 g/mol. The third kappa shape index (κ3) is 3.56. The van der Waals surface area contributed by atoms with E-state index in [-0.39, 0.29) is 11.8 Å². The fourth-order valence-electron chi connectivity index (χ4n) is 3.50. The molecule has 1 atom stereocenters. The molecule has 0 spiro atoms. The van der Waals surface area contributed by atoms with Crippen molar-refractivity contribution in [2.75, 3.05) is 10.7 Å². The molecule has 1 unspecified atom stereocenters. The second kappa shape index (κ2) is 8.00. The van der Waals surface area contributed by atoms with Gasteiger partial charge in [0.05, 0.1) is 17.1 Å². The van der Waals surface area contributed by atoms with Gasteiger partial charge < -0.3 is 5.11 Å². The second-order valence-electron chi connectivity index (χ2n) is 6.68. The average Bonchev–Trinajstić information content (AvgIpc) is 2.70. The van der Waals surface area contributed by atoms with E-state index in [0.717, 1.165) is 17.7 Å². The lowest BCUT2D eigenvalue weighted by Crippen LogP contribution is -2.58. The number of carbonyl (C=O) groups is 1. The zero-order valence-corrected chi connectivity index (χ0v) is 17.6. The number of rotatable bonds is 4. The van der Waals surface area contributed by atoms with Gasteiger partial charge in [-0.1, -0.05) is 59.2 Å². The first-order chi connectivity index (χ1) is 14.0. The molecule has 1 aromatic heterocycles. The van der Waals surface area contributed by atoms with Gasteiger partial charge in [-0.15, -0.1) is 0 Å². The van der Waals surface area contributed by atoms with Crippen LogP contribution in [-0.2, 0) is 4.79 Å². The summed E-state index contributed by atoms with van der Waals surface area (Å²) in [5.74, 6) is 0.281. The van der Waals surface area contributed by atoms with Gasteiger partial charge in [-0.05, 0) is 30.7 Å². The van der Waals surface area contributed by atoms with E-state index < -0.39 is 6.17 Å². The van der Waals surface area contributed by atoms with Crippen LogP contribution in [0.5, 0.6) is 5.88 Å². The molecule has 148 valence electrons. The van der Waals surface area contributed by atoms with Gasteiger partial charge in [0.15, 0.2) is 0 Å². The van der Waals surface area contributed by atoms with Crippen LogP contribution >= 0.6 is 23.4 Å². The highest BCUT2D eigenvalue weighted by Crippen LogP contribution is 2.41. The Morgan fingerprint density at radius 1 is 1.28 bits per heavy atom. The van der Waals surface area contributed by atoms with E-state index in [1.54, 1.807) is 21.7 Å². The van der Waals surface area contributed by atoms with Crippen molar-refractivity contribution in [3.8, 4) is 17.1 Å². The number of nitrogens with zero attached hydrogens (tertiary/aromatic N) is 4. The standard InChI is InChI=1S/C21H19ClN4O2S/c1-3-11-29-21-23-19(28)18-16-9-4-5-10-17(16)25(13(2)27)20(26(18)24-21)14-7-6-8-15(22)12-14/h4-10,12,20H,3,11H2,1-2H3. The van der Waals surface area contributed by atoms with Crippen LogP contribution in [0.1, 0.15) is 32.0 Å². The first-order valence-corrected chi connectivity index (χ1v) is 10.7. The summed E-state index contributed by atoms with van der Waals surface area (Å²) in [6.07, 6.45) is 0.303. The number of para-hydroxylation sites is 1. The second-order valence-corrected chi connectivity index (χ2v) is 8.17. The smallest absolute Gasteiger partial charge is 0.293 e. The predicted molar refractivity (Wildman–Crippen MR) is 111 cm³/mol. The summed E-state index contributed by atoms with van der Waals surface area (Å²) < 4.78 is 1.61. The summed E-state index contributed by atoms with van der Waals surface area (Å²) in [4.78, 5) is 18.6. The quantitative estimate of drug-likeness (QED) is 0.471.